The minimum Gasteiger partial charge on any atom is -0.481 e. The highest BCUT2D eigenvalue weighted by Gasteiger charge is 2.31. The van der Waals surface area contributed by atoms with Crippen molar-refractivity contribution < 1.29 is 13.2 Å². The van der Waals surface area contributed by atoms with Crippen molar-refractivity contribution >= 4 is 15.8 Å². The fraction of sp³-hybridized carbons (Fsp3) is 0.636. The molecule has 1 aliphatic rings. The fourth-order valence-electron chi connectivity index (χ4n) is 2.02. The second kappa shape index (κ2) is 5.09. The fourth-order valence-corrected chi connectivity index (χ4v) is 3.78. The molecule has 1 N–H and O–H groups in total. The Balaban J connectivity index is 2.04. The lowest BCUT2D eigenvalue weighted by Crippen LogP contribution is -2.25. The first-order valence-electron chi connectivity index (χ1n) is 5.86. The van der Waals surface area contributed by atoms with Crippen molar-refractivity contribution in [1.29, 1.82) is 0 Å². The van der Waals surface area contributed by atoms with Crippen molar-refractivity contribution in [2.45, 2.75) is 25.0 Å². The Morgan fingerprint density at radius 1 is 1.50 bits per heavy atom. The third-order valence-corrected chi connectivity index (χ3v) is 5.27. The first kappa shape index (κ1) is 13.1. The van der Waals surface area contributed by atoms with E-state index in [1.807, 2.05) is 6.92 Å². The molecule has 1 atom stereocenters. The van der Waals surface area contributed by atoms with Gasteiger partial charge in [0.2, 0.25) is 11.8 Å². The van der Waals surface area contributed by atoms with E-state index in [1.54, 1.807) is 6.07 Å². The van der Waals surface area contributed by atoms with E-state index in [1.165, 1.54) is 7.11 Å². The largest absolute Gasteiger partial charge is 0.481 e. The second-order valence-electron chi connectivity index (χ2n) is 4.39. The van der Waals surface area contributed by atoms with Crippen LogP contribution in [0.3, 0.4) is 0 Å². The smallest absolute Gasteiger partial charge is 0.226 e. The van der Waals surface area contributed by atoms with Crippen molar-refractivity contribution in [1.82, 2.24) is 9.97 Å². The number of hydrogen-bond acceptors (Lipinski definition) is 6. The minimum atomic E-state index is -2.93. The molecule has 1 unspecified atom stereocenters. The van der Waals surface area contributed by atoms with Crippen molar-refractivity contribution in [2.75, 3.05) is 24.7 Å². The average molecular weight is 271 g/mol. The molecule has 1 aromatic rings. The van der Waals surface area contributed by atoms with Gasteiger partial charge in [-0.15, -0.1) is 0 Å². The maximum atomic E-state index is 11.7. The number of sulfone groups is 1. The lowest BCUT2D eigenvalue weighted by molar-refractivity contribution is 0.397. The lowest BCUT2D eigenvalue weighted by atomic mass is 10.2. The summed E-state index contributed by atoms with van der Waals surface area (Å²) in [5.74, 6) is 1.17. The zero-order valence-electron chi connectivity index (χ0n) is 10.5. The summed E-state index contributed by atoms with van der Waals surface area (Å²) < 4.78 is 28.4. The Hall–Kier alpha value is -1.37. The van der Waals surface area contributed by atoms with Gasteiger partial charge in [-0.05, 0) is 19.8 Å². The zero-order chi connectivity index (χ0) is 13.2. The maximum Gasteiger partial charge on any atom is 0.226 e. The summed E-state index contributed by atoms with van der Waals surface area (Å²) in [6.45, 7) is 2.19. The number of nitrogens with one attached hydrogen (secondary N) is 1. The van der Waals surface area contributed by atoms with Crippen LogP contribution < -0.4 is 10.1 Å². The first-order chi connectivity index (χ1) is 8.51. The number of rotatable bonds is 4. The summed E-state index contributed by atoms with van der Waals surface area (Å²) in [6.07, 6.45) is 1.45. The van der Waals surface area contributed by atoms with Gasteiger partial charge in [0.15, 0.2) is 9.84 Å². The third-order valence-electron chi connectivity index (χ3n) is 2.99. The molecular formula is C11H17N3O3S. The maximum absolute atomic E-state index is 11.7. The quantitative estimate of drug-likeness (QED) is 0.871. The standard InChI is InChI=1S/C11H17N3O3S/c1-8-6-10(17-2)14-11(13-8)12-7-9-4-3-5-18(9,15)16/h6,9H,3-5,7H2,1-2H3,(H,12,13,14). The highest BCUT2D eigenvalue weighted by molar-refractivity contribution is 7.92. The normalized spacial score (nSPS) is 21.8. The molecule has 2 heterocycles. The number of hydrogen-bond donors (Lipinski definition) is 1. The van der Waals surface area contributed by atoms with Crippen LogP contribution in [0.4, 0.5) is 5.95 Å². The van der Waals surface area contributed by atoms with Crippen molar-refractivity contribution in [2.24, 2.45) is 0 Å². The van der Waals surface area contributed by atoms with Gasteiger partial charge in [0, 0.05) is 18.3 Å². The minimum absolute atomic E-state index is 0.289. The Kier molecular flexibility index (Phi) is 3.70. The van der Waals surface area contributed by atoms with Crippen molar-refractivity contribution in [3.63, 3.8) is 0 Å². The Morgan fingerprint density at radius 3 is 2.89 bits per heavy atom. The van der Waals surface area contributed by atoms with E-state index in [4.69, 9.17) is 4.74 Å². The molecule has 0 saturated carbocycles. The van der Waals surface area contributed by atoms with Crippen LogP contribution in [0, 0.1) is 6.92 Å². The Morgan fingerprint density at radius 2 is 2.28 bits per heavy atom. The number of nitrogens with zero attached hydrogens (tertiary/aromatic N) is 2. The molecule has 100 valence electrons. The van der Waals surface area contributed by atoms with E-state index in [0.717, 1.165) is 12.1 Å². The monoisotopic (exact) mass is 271 g/mol. The molecule has 0 aromatic carbocycles. The van der Waals surface area contributed by atoms with Gasteiger partial charge in [0.25, 0.3) is 0 Å². The van der Waals surface area contributed by atoms with E-state index < -0.39 is 9.84 Å². The molecule has 0 aliphatic carbocycles. The van der Waals surface area contributed by atoms with Crippen LogP contribution in [0.5, 0.6) is 5.88 Å². The predicted octanol–water partition coefficient (Wildman–Crippen LogP) is 0.783. The SMILES string of the molecule is COc1cc(C)nc(NCC2CCCS2(=O)=O)n1. The number of methoxy groups -OCH3 is 1. The highest BCUT2D eigenvalue weighted by atomic mass is 32.2. The Bertz CT molecular complexity index is 530. The molecule has 7 heteroatoms. The van der Waals surface area contributed by atoms with E-state index in [2.05, 4.69) is 15.3 Å². The topological polar surface area (TPSA) is 81.2 Å². The molecule has 1 aromatic heterocycles. The van der Waals surface area contributed by atoms with Gasteiger partial charge in [-0.3, -0.25) is 0 Å². The molecule has 0 bridgehead atoms. The molecule has 2 rings (SSSR count). The van der Waals surface area contributed by atoms with Gasteiger partial charge in [-0.2, -0.15) is 4.98 Å². The summed E-state index contributed by atoms with van der Waals surface area (Å²) in [4.78, 5) is 8.31. The van der Waals surface area contributed by atoms with Gasteiger partial charge in [0.05, 0.1) is 18.1 Å². The average Bonchev–Trinajstić information content (AvgIpc) is 2.65. The predicted molar refractivity (Wildman–Crippen MR) is 68.6 cm³/mol. The molecule has 0 amide bonds. The summed E-state index contributed by atoms with van der Waals surface area (Å²) in [6, 6.07) is 1.72. The number of anilines is 1. The van der Waals surface area contributed by atoms with Gasteiger partial charge in [-0.1, -0.05) is 0 Å². The van der Waals surface area contributed by atoms with Crippen molar-refractivity contribution in [3.05, 3.63) is 11.8 Å². The molecule has 0 radical (unpaired) electrons. The van der Waals surface area contributed by atoms with Crippen LogP contribution in [-0.4, -0.2) is 43.0 Å². The molecule has 18 heavy (non-hydrogen) atoms. The van der Waals surface area contributed by atoms with E-state index >= 15 is 0 Å². The number of aromatic nitrogens is 2. The summed E-state index contributed by atoms with van der Waals surface area (Å²) in [7, 11) is -1.40. The molecular weight excluding hydrogens is 254 g/mol. The summed E-state index contributed by atoms with van der Waals surface area (Å²) in [5.41, 5.74) is 0.777. The third kappa shape index (κ3) is 2.90. The van der Waals surface area contributed by atoms with Crippen LogP contribution in [-0.2, 0) is 9.84 Å². The zero-order valence-corrected chi connectivity index (χ0v) is 11.3. The molecule has 6 nitrogen and oxygen atoms in total. The van der Waals surface area contributed by atoms with Crippen molar-refractivity contribution in [3.8, 4) is 5.88 Å². The molecule has 1 saturated heterocycles. The second-order valence-corrected chi connectivity index (χ2v) is 6.79. The molecule has 1 fully saturated rings. The van der Waals surface area contributed by atoms with Crippen LogP contribution >= 0.6 is 0 Å². The summed E-state index contributed by atoms with van der Waals surface area (Å²) in [5, 5.41) is 2.65. The van der Waals surface area contributed by atoms with Crippen LogP contribution in [0.25, 0.3) is 0 Å². The molecule has 1 aliphatic heterocycles. The molecule has 0 spiro atoms. The van der Waals surface area contributed by atoms with Gasteiger partial charge < -0.3 is 10.1 Å². The van der Waals surface area contributed by atoms with E-state index in [9.17, 15) is 8.42 Å². The lowest BCUT2D eigenvalue weighted by Gasteiger charge is -2.11. The van der Waals surface area contributed by atoms with E-state index in [-0.39, 0.29) is 11.0 Å². The van der Waals surface area contributed by atoms with Crippen LogP contribution in [0.2, 0.25) is 0 Å². The highest BCUT2D eigenvalue weighted by Crippen LogP contribution is 2.20. The Labute approximate surface area is 107 Å². The summed E-state index contributed by atoms with van der Waals surface area (Å²) >= 11 is 0. The first-order valence-corrected chi connectivity index (χ1v) is 7.58. The van der Waals surface area contributed by atoms with Gasteiger partial charge in [0.1, 0.15) is 0 Å². The van der Waals surface area contributed by atoms with Gasteiger partial charge >= 0.3 is 0 Å². The van der Waals surface area contributed by atoms with E-state index in [0.29, 0.717) is 24.8 Å². The number of aryl methyl sites for hydroxylation is 1. The van der Waals surface area contributed by atoms with Gasteiger partial charge in [-0.25, -0.2) is 13.4 Å². The number of ether oxygens (including phenoxy) is 1. The van der Waals surface area contributed by atoms with Crippen LogP contribution in [0.1, 0.15) is 18.5 Å². The van der Waals surface area contributed by atoms with Crippen LogP contribution in [0.15, 0.2) is 6.07 Å².